The van der Waals surface area contributed by atoms with Crippen LogP contribution in [-0.2, 0) is 0 Å². The van der Waals surface area contributed by atoms with E-state index in [1.165, 1.54) is 9.79 Å². The van der Waals surface area contributed by atoms with E-state index in [9.17, 15) is 0 Å². The van der Waals surface area contributed by atoms with Gasteiger partial charge in [0.2, 0.25) is 0 Å². The molecule has 0 spiro atoms. The minimum Gasteiger partial charge on any atom is -0.305 e. The summed E-state index contributed by atoms with van der Waals surface area (Å²) in [6.45, 7) is 0. The van der Waals surface area contributed by atoms with Gasteiger partial charge >= 0.3 is 18.9 Å². The largest absolute Gasteiger partial charge is 1.00 e. The Bertz CT molecular complexity index is 350. The maximum atomic E-state index is 2.16. The molecule has 0 saturated carbocycles. The Labute approximate surface area is 117 Å². The van der Waals surface area contributed by atoms with Crippen LogP contribution >= 0.6 is 23.5 Å². The Kier molecular flexibility index (Phi) is 6.83. The molecule has 0 heterocycles. The summed E-state index contributed by atoms with van der Waals surface area (Å²) >= 11 is 3.51. The molecule has 0 nitrogen and oxygen atoms in total. The molecule has 0 radical (unpaired) electrons. The number of thioether (sulfide) groups is 2. The summed E-state index contributed by atoms with van der Waals surface area (Å²) < 4.78 is 0. The van der Waals surface area contributed by atoms with Gasteiger partial charge in [-0.05, 0) is 9.79 Å². The van der Waals surface area contributed by atoms with Crippen LogP contribution in [0.1, 0.15) is 0 Å². The number of rotatable bonds is 4. The Morgan fingerprint density at radius 3 is 1.38 bits per heavy atom. The number of benzene rings is 2. The molecular formula is C13H11LiS2. The maximum Gasteiger partial charge on any atom is 1.00 e. The molecule has 2 aromatic carbocycles. The smallest absolute Gasteiger partial charge is 0.305 e. The van der Waals surface area contributed by atoms with Gasteiger partial charge in [0.25, 0.3) is 0 Å². The van der Waals surface area contributed by atoms with E-state index in [1.807, 2.05) is 12.1 Å². The topological polar surface area (TPSA) is 0 Å². The summed E-state index contributed by atoms with van der Waals surface area (Å²) in [6.07, 6.45) is 0. The first-order valence-corrected chi connectivity index (χ1v) is 6.46. The first-order valence-electron chi connectivity index (χ1n) is 4.70. The molecule has 2 rings (SSSR count). The molecule has 0 aliphatic heterocycles. The van der Waals surface area contributed by atoms with E-state index < -0.39 is 0 Å². The molecule has 0 aliphatic carbocycles. The van der Waals surface area contributed by atoms with Gasteiger partial charge in [-0.3, -0.25) is 0 Å². The van der Waals surface area contributed by atoms with E-state index in [0.717, 1.165) is 0 Å². The van der Waals surface area contributed by atoms with Crippen LogP contribution in [0.25, 0.3) is 0 Å². The Balaban J connectivity index is 0.00000128. The van der Waals surface area contributed by atoms with Crippen LogP contribution in [0.2, 0.25) is 0 Å². The zero-order valence-corrected chi connectivity index (χ0v) is 10.8. The molecule has 0 fully saturated rings. The van der Waals surface area contributed by atoms with Crippen LogP contribution in [-0.4, -0.2) is 0 Å². The van der Waals surface area contributed by atoms with Crippen LogP contribution in [0.15, 0.2) is 70.5 Å². The van der Waals surface area contributed by atoms with Crippen LogP contribution in [0.3, 0.4) is 0 Å². The summed E-state index contributed by atoms with van der Waals surface area (Å²) in [7, 11) is 0. The zero-order chi connectivity index (χ0) is 10.3. The summed E-state index contributed by atoms with van der Waals surface area (Å²) in [6, 6.07) is 20.8. The number of hydrogen-bond acceptors (Lipinski definition) is 2. The van der Waals surface area contributed by atoms with Crippen molar-refractivity contribution in [2.24, 2.45) is 0 Å². The normalized spacial score (nSPS) is 9.50. The fourth-order valence-electron chi connectivity index (χ4n) is 1.13. The monoisotopic (exact) mass is 238 g/mol. The predicted octanol–water partition coefficient (Wildman–Crippen LogP) is 1.69. The summed E-state index contributed by atoms with van der Waals surface area (Å²) in [5.41, 5.74) is 0. The average molecular weight is 238 g/mol. The molecule has 0 N–H and O–H groups in total. The van der Waals surface area contributed by atoms with Gasteiger partial charge in [0.1, 0.15) is 0 Å². The minimum absolute atomic E-state index is 0. The third-order valence-corrected chi connectivity index (χ3v) is 3.71. The van der Waals surface area contributed by atoms with Crippen molar-refractivity contribution in [3.63, 3.8) is 0 Å². The molecular weight excluding hydrogens is 227 g/mol. The standard InChI is InChI=1S/C13H11S2.Li/c1-3-7-12(8-4-1)14-11-15-13-9-5-2-6-10-13;/h1-11H;/q-1;+1. The van der Waals surface area contributed by atoms with Gasteiger partial charge in [-0.2, -0.15) is 0 Å². The van der Waals surface area contributed by atoms with Crippen molar-refractivity contribution in [1.82, 2.24) is 0 Å². The van der Waals surface area contributed by atoms with Gasteiger partial charge in [0, 0.05) is 0 Å². The Morgan fingerprint density at radius 2 is 1.00 bits per heavy atom. The summed E-state index contributed by atoms with van der Waals surface area (Å²) in [5, 5.41) is 2.16. The molecule has 2 aromatic rings. The first kappa shape index (κ1) is 13.8. The molecule has 0 amide bonds. The second-order valence-electron chi connectivity index (χ2n) is 2.96. The van der Waals surface area contributed by atoms with Gasteiger partial charge in [-0.1, -0.05) is 60.7 Å². The molecule has 0 atom stereocenters. The fraction of sp³-hybridized carbons (Fsp3) is 0. The molecule has 76 valence electrons. The van der Waals surface area contributed by atoms with Crippen LogP contribution in [0, 0.1) is 5.08 Å². The predicted molar refractivity (Wildman–Crippen MR) is 68.9 cm³/mol. The van der Waals surface area contributed by atoms with Crippen molar-refractivity contribution >= 4 is 23.5 Å². The summed E-state index contributed by atoms with van der Waals surface area (Å²) in [4.78, 5) is 2.56. The van der Waals surface area contributed by atoms with Crippen molar-refractivity contribution in [2.45, 2.75) is 9.79 Å². The van der Waals surface area contributed by atoms with Gasteiger partial charge in [-0.25, -0.2) is 5.08 Å². The van der Waals surface area contributed by atoms with Crippen molar-refractivity contribution < 1.29 is 18.9 Å². The molecule has 0 aliphatic rings. The first-order chi connectivity index (χ1) is 7.45. The molecule has 0 aromatic heterocycles. The third kappa shape index (κ3) is 4.72. The minimum atomic E-state index is 0. The van der Waals surface area contributed by atoms with Crippen molar-refractivity contribution in [2.75, 3.05) is 0 Å². The van der Waals surface area contributed by atoms with E-state index in [4.69, 9.17) is 0 Å². The van der Waals surface area contributed by atoms with Crippen LogP contribution in [0.4, 0.5) is 0 Å². The van der Waals surface area contributed by atoms with E-state index >= 15 is 0 Å². The van der Waals surface area contributed by atoms with Crippen molar-refractivity contribution in [3.8, 4) is 0 Å². The maximum absolute atomic E-state index is 2.16. The van der Waals surface area contributed by atoms with E-state index in [0.29, 0.717) is 0 Å². The fourth-order valence-corrected chi connectivity index (χ4v) is 2.84. The van der Waals surface area contributed by atoms with Gasteiger partial charge in [-0.15, -0.1) is 0 Å². The van der Waals surface area contributed by atoms with Crippen LogP contribution in [0.5, 0.6) is 0 Å². The van der Waals surface area contributed by atoms with Gasteiger partial charge < -0.3 is 23.5 Å². The van der Waals surface area contributed by atoms with Gasteiger partial charge in [0.15, 0.2) is 0 Å². The van der Waals surface area contributed by atoms with Crippen molar-refractivity contribution in [3.05, 3.63) is 65.7 Å². The van der Waals surface area contributed by atoms with Crippen LogP contribution < -0.4 is 18.9 Å². The SMILES string of the molecule is [Li+].c1ccc(S[CH-]Sc2ccccc2)cc1. The van der Waals surface area contributed by atoms with E-state index in [-0.39, 0.29) is 18.9 Å². The zero-order valence-electron chi connectivity index (χ0n) is 9.17. The summed E-state index contributed by atoms with van der Waals surface area (Å²) in [5.74, 6) is 0. The van der Waals surface area contributed by atoms with Crippen molar-refractivity contribution in [1.29, 1.82) is 0 Å². The Hall–Kier alpha value is -0.263. The molecule has 16 heavy (non-hydrogen) atoms. The average Bonchev–Trinajstić information content (AvgIpc) is 2.32. The van der Waals surface area contributed by atoms with Gasteiger partial charge in [0.05, 0.1) is 0 Å². The quantitative estimate of drug-likeness (QED) is 0.452. The molecule has 3 heteroatoms. The number of hydrogen-bond donors (Lipinski definition) is 0. The third-order valence-electron chi connectivity index (χ3n) is 1.85. The van der Waals surface area contributed by atoms with E-state index in [1.54, 1.807) is 23.5 Å². The Morgan fingerprint density at radius 1 is 0.625 bits per heavy atom. The second-order valence-corrected chi connectivity index (χ2v) is 5.14. The molecule has 0 bridgehead atoms. The molecule has 0 unspecified atom stereocenters. The van der Waals surface area contributed by atoms with E-state index in [2.05, 4.69) is 53.6 Å². The molecule has 0 saturated heterocycles. The second kappa shape index (κ2) is 7.92.